The molecule has 6 unspecified atom stereocenters. The van der Waals surface area contributed by atoms with E-state index in [1.807, 2.05) is 29.3 Å². The second-order valence-electron chi connectivity index (χ2n) is 11.5. The van der Waals surface area contributed by atoms with E-state index in [2.05, 4.69) is 10.4 Å². The van der Waals surface area contributed by atoms with E-state index in [9.17, 15) is 14.7 Å². The molecule has 4 saturated carbocycles. The molecule has 6 atom stereocenters. The highest BCUT2D eigenvalue weighted by atomic mass is 16.3. The van der Waals surface area contributed by atoms with Crippen molar-refractivity contribution in [2.24, 2.45) is 35.5 Å². The van der Waals surface area contributed by atoms with Gasteiger partial charge in [-0.3, -0.25) is 20.0 Å². The minimum atomic E-state index is -0.535. The van der Waals surface area contributed by atoms with Crippen molar-refractivity contribution in [2.45, 2.75) is 38.6 Å². The van der Waals surface area contributed by atoms with Gasteiger partial charge < -0.3 is 9.67 Å². The molecule has 5 aliphatic rings. The Hall–Kier alpha value is -3.19. The zero-order chi connectivity index (χ0) is 24.4. The molecule has 36 heavy (non-hydrogen) atoms. The van der Waals surface area contributed by atoms with Crippen molar-refractivity contribution in [3.63, 3.8) is 0 Å². The summed E-state index contributed by atoms with van der Waals surface area (Å²) < 4.78 is 1.53. The zero-order valence-corrected chi connectivity index (χ0v) is 20.3. The molecular weight excluding hydrogens is 452 g/mol. The number of benzene rings is 1. The Balaban J connectivity index is 1.15. The molecule has 1 aromatic carbocycles. The first-order chi connectivity index (χ1) is 17.6. The molecule has 0 radical (unpaired) electrons. The lowest BCUT2D eigenvalue weighted by atomic mass is 9.70. The van der Waals surface area contributed by atoms with Gasteiger partial charge in [-0.15, -0.1) is 0 Å². The smallest absolute Gasteiger partial charge is 0.275 e. The molecule has 8 rings (SSSR count). The molecule has 1 saturated heterocycles. The second-order valence-corrected chi connectivity index (χ2v) is 11.5. The van der Waals surface area contributed by atoms with Crippen LogP contribution >= 0.6 is 0 Å². The number of para-hydroxylation sites is 1. The number of hydrogen-bond donors (Lipinski definition) is 2. The van der Waals surface area contributed by atoms with Crippen LogP contribution in [0.1, 0.15) is 48.2 Å². The van der Waals surface area contributed by atoms with Crippen molar-refractivity contribution in [2.75, 3.05) is 13.1 Å². The quantitative estimate of drug-likeness (QED) is 0.575. The Bertz CT molecular complexity index is 1380. The summed E-state index contributed by atoms with van der Waals surface area (Å²) in [5.41, 5.74) is 3.56. The third kappa shape index (κ3) is 3.47. The van der Waals surface area contributed by atoms with Crippen LogP contribution in [0, 0.1) is 35.5 Å². The van der Waals surface area contributed by atoms with Crippen molar-refractivity contribution in [1.29, 1.82) is 0 Å². The maximum atomic E-state index is 13.6. The first-order valence-electron chi connectivity index (χ1n) is 13.4. The average molecular weight is 485 g/mol. The lowest BCUT2D eigenvalue weighted by Crippen LogP contribution is -2.44. The number of carbonyl (C=O) groups is 1. The summed E-state index contributed by atoms with van der Waals surface area (Å²) in [6.45, 7) is 1.84. The molecule has 3 aromatic rings. The summed E-state index contributed by atoms with van der Waals surface area (Å²) in [6, 6.07) is 12.7. The van der Waals surface area contributed by atoms with Gasteiger partial charge in [-0.05, 0) is 91.9 Å². The van der Waals surface area contributed by atoms with E-state index in [0.717, 1.165) is 49.1 Å². The molecule has 0 spiro atoms. The molecule has 4 aliphatic carbocycles. The summed E-state index contributed by atoms with van der Waals surface area (Å²) in [5, 5.41) is 13.5. The van der Waals surface area contributed by atoms with Gasteiger partial charge in [-0.1, -0.05) is 18.2 Å². The third-order valence-electron chi connectivity index (χ3n) is 9.58. The standard InChI is InChI=1S/C29H32N4O3/c34-27-22-6-1-2-7-24(22)33(16-21-5-3-4-9-30-21)29(36)26(27)28(35)31-32-10-8-18(15-32)25-20-12-17-11-19(14-20)23(25)13-17/h1-7,9,17-20,23,25,34H,8,10-16H2,(H,31,35). The first kappa shape index (κ1) is 22.0. The fourth-order valence-electron chi connectivity index (χ4n) is 8.33. The number of hydrogen-bond acceptors (Lipinski definition) is 5. The van der Waals surface area contributed by atoms with Gasteiger partial charge in [0.05, 0.1) is 17.8 Å². The van der Waals surface area contributed by atoms with Crippen LogP contribution in [0.2, 0.25) is 0 Å². The van der Waals surface area contributed by atoms with Gasteiger partial charge in [0, 0.05) is 24.7 Å². The van der Waals surface area contributed by atoms with Gasteiger partial charge in [-0.25, -0.2) is 5.01 Å². The fraction of sp³-hybridized carbons (Fsp3) is 0.483. The average Bonchev–Trinajstić information content (AvgIpc) is 3.52. The molecule has 4 bridgehead atoms. The predicted molar refractivity (Wildman–Crippen MR) is 136 cm³/mol. The number of aromatic nitrogens is 2. The second kappa shape index (κ2) is 8.44. The number of aromatic hydroxyl groups is 1. The van der Waals surface area contributed by atoms with Gasteiger partial charge in [0.2, 0.25) is 0 Å². The molecule has 186 valence electrons. The number of rotatable bonds is 5. The number of fused-ring (bicyclic) bond motifs is 1. The van der Waals surface area contributed by atoms with E-state index < -0.39 is 11.5 Å². The summed E-state index contributed by atoms with van der Waals surface area (Å²) in [4.78, 5) is 31.3. The van der Waals surface area contributed by atoms with Crippen molar-refractivity contribution in [3.8, 4) is 5.75 Å². The Labute approximate surface area is 210 Å². The van der Waals surface area contributed by atoms with Gasteiger partial charge >= 0.3 is 0 Å². The number of nitrogens with one attached hydrogen (secondary N) is 1. The first-order valence-corrected chi connectivity index (χ1v) is 13.4. The molecule has 7 nitrogen and oxygen atoms in total. The molecule has 2 aromatic heterocycles. The monoisotopic (exact) mass is 484 g/mol. The molecule has 3 heterocycles. The van der Waals surface area contributed by atoms with Crippen LogP contribution in [0.3, 0.4) is 0 Å². The van der Waals surface area contributed by atoms with Crippen LogP contribution in [0.15, 0.2) is 53.5 Å². The number of carbonyl (C=O) groups excluding carboxylic acids is 1. The normalized spacial score (nSPS) is 30.9. The Morgan fingerprint density at radius 3 is 2.69 bits per heavy atom. The highest BCUT2D eigenvalue weighted by Crippen LogP contribution is 2.63. The van der Waals surface area contributed by atoms with Crippen molar-refractivity contribution in [3.05, 3.63) is 70.3 Å². The predicted octanol–water partition coefficient (Wildman–Crippen LogP) is 3.80. The van der Waals surface area contributed by atoms with Gasteiger partial charge in [0.1, 0.15) is 11.3 Å². The number of pyridine rings is 2. The van der Waals surface area contributed by atoms with Gasteiger partial charge in [-0.2, -0.15) is 0 Å². The van der Waals surface area contributed by atoms with Crippen molar-refractivity contribution < 1.29 is 9.90 Å². The molecule has 1 aliphatic heterocycles. The lowest BCUT2D eigenvalue weighted by Gasteiger charge is -2.36. The molecular formula is C29H32N4O3. The highest BCUT2D eigenvalue weighted by molar-refractivity contribution is 6.02. The van der Waals surface area contributed by atoms with Crippen LogP contribution in [0.4, 0.5) is 0 Å². The zero-order valence-electron chi connectivity index (χ0n) is 20.3. The Morgan fingerprint density at radius 2 is 1.86 bits per heavy atom. The van der Waals surface area contributed by atoms with E-state index in [4.69, 9.17) is 0 Å². The van der Waals surface area contributed by atoms with Crippen LogP contribution in [0.5, 0.6) is 5.75 Å². The Morgan fingerprint density at radius 1 is 1.03 bits per heavy atom. The SMILES string of the molecule is O=C(NN1CCC(C2C3CC4CC(C3)C2C4)C1)c1c(O)c2ccccc2n(Cc2ccccn2)c1=O. The van der Waals surface area contributed by atoms with E-state index in [0.29, 0.717) is 22.5 Å². The summed E-state index contributed by atoms with van der Waals surface area (Å²) >= 11 is 0. The lowest BCUT2D eigenvalue weighted by molar-refractivity contribution is 0.0791. The highest BCUT2D eigenvalue weighted by Gasteiger charge is 2.56. The summed E-state index contributed by atoms with van der Waals surface area (Å²) in [5.74, 6) is 4.27. The van der Waals surface area contributed by atoms with Crippen molar-refractivity contribution >= 4 is 16.8 Å². The van der Waals surface area contributed by atoms with Gasteiger partial charge in [0.25, 0.3) is 11.5 Å². The van der Waals surface area contributed by atoms with Crippen LogP contribution in [0.25, 0.3) is 10.9 Å². The fourth-order valence-corrected chi connectivity index (χ4v) is 8.33. The maximum Gasteiger partial charge on any atom is 0.275 e. The van der Waals surface area contributed by atoms with Crippen LogP contribution in [-0.2, 0) is 6.54 Å². The molecule has 7 heteroatoms. The van der Waals surface area contributed by atoms with E-state index in [1.54, 1.807) is 24.4 Å². The van der Waals surface area contributed by atoms with E-state index >= 15 is 0 Å². The number of nitrogens with zero attached hydrogens (tertiary/aromatic N) is 3. The van der Waals surface area contributed by atoms with E-state index in [-0.39, 0.29) is 17.9 Å². The van der Waals surface area contributed by atoms with Gasteiger partial charge in [0.15, 0.2) is 0 Å². The summed E-state index contributed by atoms with van der Waals surface area (Å²) in [7, 11) is 0. The minimum Gasteiger partial charge on any atom is -0.506 e. The molecule has 5 fully saturated rings. The maximum absolute atomic E-state index is 13.6. The largest absolute Gasteiger partial charge is 0.506 e. The molecule has 2 N–H and O–H groups in total. The minimum absolute atomic E-state index is 0.202. The number of amides is 1. The molecule has 1 amide bonds. The topological polar surface area (TPSA) is 87.5 Å². The Kier molecular flexibility index (Phi) is 5.17. The third-order valence-corrected chi connectivity index (χ3v) is 9.58. The van der Waals surface area contributed by atoms with Crippen LogP contribution < -0.4 is 11.0 Å². The van der Waals surface area contributed by atoms with Crippen molar-refractivity contribution in [1.82, 2.24) is 20.0 Å². The van der Waals surface area contributed by atoms with E-state index in [1.165, 1.54) is 30.3 Å². The number of hydrazine groups is 1. The summed E-state index contributed by atoms with van der Waals surface area (Å²) in [6.07, 6.45) is 8.44. The van der Waals surface area contributed by atoms with Crippen LogP contribution in [-0.4, -0.2) is 38.7 Å².